The highest BCUT2D eigenvalue weighted by Crippen LogP contribution is 2.35. The van der Waals surface area contributed by atoms with E-state index in [2.05, 4.69) is 21.2 Å². The lowest BCUT2D eigenvalue weighted by Gasteiger charge is -2.11. The number of benzene rings is 1. The van der Waals surface area contributed by atoms with Crippen LogP contribution in [0.1, 0.15) is 35.2 Å². The van der Waals surface area contributed by atoms with Crippen LogP contribution in [0.3, 0.4) is 0 Å². The molecule has 116 valence electrons. The molecule has 0 unspecified atom stereocenters. The predicted molar refractivity (Wildman–Crippen MR) is 73.0 cm³/mol. The van der Waals surface area contributed by atoms with Gasteiger partial charge in [-0.15, -0.1) is 0 Å². The maximum atomic E-state index is 12.7. The summed E-state index contributed by atoms with van der Waals surface area (Å²) in [6.45, 7) is 0.212. The van der Waals surface area contributed by atoms with Gasteiger partial charge in [0.1, 0.15) is 0 Å². The van der Waals surface area contributed by atoms with Crippen molar-refractivity contribution >= 4 is 27.8 Å². The lowest BCUT2D eigenvalue weighted by Crippen LogP contribution is -2.25. The van der Waals surface area contributed by atoms with Crippen molar-refractivity contribution in [1.82, 2.24) is 5.32 Å². The standard InChI is InChI=1S/C13H13BrF3NO3/c14-10-5-4-8(7-9(10)13(15,16)17)12(21)18-6-2-1-3-11(19)20/h4-5,7H,1-3,6H2,(H,18,21)(H,19,20). The van der Waals surface area contributed by atoms with E-state index >= 15 is 0 Å². The van der Waals surface area contributed by atoms with E-state index in [-0.39, 0.29) is 23.0 Å². The summed E-state index contributed by atoms with van der Waals surface area (Å²) in [4.78, 5) is 22.0. The highest BCUT2D eigenvalue weighted by Gasteiger charge is 2.33. The average Bonchev–Trinajstić information content (AvgIpc) is 2.36. The lowest BCUT2D eigenvalue weighted by molar-refractivity contribution is -0.138. The Labute approximate surface area is 127 Å². The van der Waals surface area contributed by atoms with Crippen molar-refractivity contribution in [2.24, 2.45) is 0 Å². The third-order valence-corrected chi connectivity index (χ3v) is 3.33. The molecule has 0 heterocycles. The zero-order valence-corrected chi connectivity index (χ0v) is 12.4. The van der Waals surface area contributed by atoms with Crippen LogP contribution in [0.2, 0.25) is 0 Å². The second kappa shape index (κ2) is 7.44. The van der Waals surface area contributed by atoms with Crippen molar-refractivity contribution < 1.29 is 27.9 Å². The number of aliphatic carboxylic acids is 1. The third-order valence-electron chi connectivity index (χ3n) is 2.64. The van der Waals surface area contributed by atoms with E-state index < -0.39 is 23.6 Å². The number of unbranched alkanes of at least 4 members (excludes halogenated alkanes) is 1. The lowest BCUT2D eigenvalue weighted by atomic mass is 10.1. The van der Waals surface area contributed by atoms with Gasteiger partial charge in [-0.25, -0.2) is 0 Å². The molecule has 2 N–H and O–H groups in total. The molecule has 0 saturated carbocycles. The largest absolute Gasteiger partial charge is 0.481 e. The molecule has 0 aliphatic carbocycles. The van der Waals surface area contributed by atoms with Gasteiger partial charge in [0.15, 0.2) is 0 Å². The molecule has 4 nitrogen and oxygen atoms in total. The van der Waals surface area contributed by atoms with Crippen LogP contribution in [0.25, 0.3) is 0 Å². The summed E-state index contributed by atoms with van der Waals surface area (Å²) in [5, 5.41) is 10.9. The van der Waals surface area contributed by atoms with E-state index in [9.17, 15) is 22.8 Å². The van der Waals surface area contributed by atoms with Gasteiger partial charge >= 0.3 is 12.1 Å². The molecule has 0 saturated heterocycles. The number of carbonyl (C=O) groups is 2. The van der Waals surface area contributed by atoms with Gasteiger partial charge in [-0.05, 0) is 31.0 Å². The number of halogens is 4. The van der Waals surface area contributed by atoms with Gasteiger partial charge in [0.2, 0.25) is 0 Å². The fourth-order valence-electron chi connectivity index (χ4n) is 1.59. The fraction of sp³-hybridized carbons (Fsp3) is 0.385. The van der Waals surface area contributed by atoms with Crippen LogP contribution in [0.5, 0.6) is 0 Å². The van der Waals surface area contributed by atoms with Gasteiger partial charge in [-0.3, -0.25) is 9.59 Å². The first kappa shape index (κ1) is 17.5. The summed E-state index contributed by atoms with van der Waals surface area (Å²) in [5.74, 6) is -1.55. The van der Waals surface area contributed by atoms with E-state index in [0.29, 0.717) is 12.8 Å². The monoisotopic (exact) mass is 367 g/mol. The molecule has 0 fully saturated rings. The second-order valence-corrected chi connectivity index (χ2v) is 5.15. The molecule has 1 rings (SSSR count). The van der Waals surface area contributed by atoms with Crippen LogP contribution in [-0.2, 0) is 11.0 Å². The molecule has 8 heteroatoms. The van der Waals surface area contributed by atoms with Gasteiger partial charge in [0.25, 0.3) is 5.91 Å². The van der Waals surface area contributed by atoms with Crippen LogP contribution < -0.4 is 5.32 Å². The van der Waals surface area contributed by atoms with Gasteiger partial charge in [-0.1, -0.05) is 15.9 Å². The molecule has 0 aliphatic heterocycles. The van der Waals surface area contributed by atoms with E-state index in [1.54, 1.807) is 0 Å². The molecule has 0 spiro atoms. The number of nitrogens with one attached hydrogen (secondary N) is 1. The van der Waals surface area contributed by atoms with Crippen molar-refractivity contribution in [1.29, 1.82) is 0 Å². The zero-order valence-electron chi connectivity index (χ0n) is 10.8. The number of carboxylic acids is 1. The molecule has 1 aromatic rings. The highest BCUT2D eigenvalue weighted by atomic mass is 79.9. The molecule has 1 aromatic carbocycles. The molecular formula is C13H13BrF3NO3. The molecule has 0 radical (unpaired) electrons. The zero-order chi connectivity index (χ0) is 16.0. The van der Waals surface area contributed by atoms with Gasteiger partial charge in [-0.2, -0.15) is 13.2 Å². The number of hydrogen-bond acceptors (Lipinski definition) is 2. The molecular weight excluding hydrogens is 355 g/mol. The molecule has 0 aliphatic rings. The first-order valence-corrected chi connectivity index (χ1v) is 6.88. The number of amides is 1. The predicted octanol–water partition coefficient (Wildman–Crippen LogP) is 3.45. The Hall–Kier alpha value is -1.57. The normalized spacial score (nSPS) is 11.2. The van der Waals surface area contributed by atoms with Crippen molar-refractivity contribution in [3.8, 4) is 0 Å². The topological polar surface area (TPSA) is 66.4 Å². The number of rotatable bonds is 6. The quantitative estimate of drug-likeness (QED) is 0.756. The number of carboxylic acid groups (broad SMARTS) is 1. The Kier molecular flexibility index (Phi) is 6.19. The fourth-order valence-corrected chi connectivity index (χ4v) is 2.06. The Bertz CT molecular complexity index is 532. The van der Waals surface area contributed by atoms with Gasteiger partial charge in [0, 0.05) is 23.0 Å². The number of carbonyl (C=O) groups excluding carboxylic acids is 1. The van der Waals surface area contributed by atoms with E-state index in [1.807, 2.05) is 0 Å². The van der Waals surface area contributed by atoms with Crippen molar-refractivity contribution in [3.63, 3.8) is 0 Å². The highest BCUT2D eigenvalue weighted by molar-refractivity contribution is 9.10. The summed E-state index contributed by atoms with van der Waals surface area (Å²) in [7, 11) is 0. The minimum atomic E-state index is -4.55. The van der Waals surface area contributed by atoms with E-state index in [0.717, 1.165) is 6.07 Å². The minimum absolute atomic E-state index is 0.00756. The summed E-state index contributed by atoms with van der Waals surface area (Å²) in [6, 6.07) is 3.23. The van der Waals surface area contributed by atoms with Crippen LogP contribution in [0.15, 0.2) is 22.7 Å². The molecule has 1 amide bonds. The molecule has 0 atom stereocenters. The SMILES string of the molecule is O=C(O)CCCCNC(=O)c1ccc(Br)c(C(F)(F)F)c1. The summed E-state index contributed by atoms with van der Waals surface area (Å²) < 4.78 is 38.0. The van der Waals surface area contributed by atoms with Crippen molar-refractivity contribution in [2.75, 3.05) is 6.54 Å². The summed E-state index contributed by atoms with van der Waals surface area (Å²) in [6.07, 6.45) is -3.71. The maximum absolute atomic E-state index is 12.7. The van der Waals surface area contributed by atoms with E-state index in [4.69, 9.17) is 5.11 Å². The maximum Gasteiger partial charge on any atom is 0.417 e. The Morgan fingerprint density at radius 2 is 1.90 bits per heavy atom. The molecule has 0 aromatic heterocycles. The summed E-state index contributed by atoms with van der Waals surface area (Å²) >= 11 is 2.79. The first-order valence-electron chi connectivity index (χ1n) is 6.08. The Morgan fingerprint density at radius 1 is 1.24 bits per heavy atom. The Morgan fingerprint density at radius 3 is 2.48 bits per heavy atom. The molecule has 21 heavy (non-hydrogen) atoms. The van der Waals surface area contributed by atoms with E-state index in [1.165, 1.54) is 12.1 Å². The van der Waals surface area contributed by atoms with Crippen LogP contribution in [0.4, 0.5) is 13.2 Å². The number of hydrogen-bond donors (Lipinski definition) is 2. The molecule has 0 bridgehead atoms. The second-order valence-electron chi connectivity index (χ2n) is 4.30. The van der Waals surface area contributed by atoms with Crippen LogP contribution >= 0.6 is 15.9 Å². The van der Waals surface area contributed by atoms with Crippen molar-refractivity contribution in [2.45, 2.75) is 25.4 Å². The van der Waals surface area contributed by atoms with Gasteiger partial charge < -0.3 is 10.4 Å². The first-order chi connectivity index (χ1) is 9.71. The van der Waals surface area contributed by atoms with Gasteiger partial charge in [0.05, 0.1) is 5.56 Å². The van der Waals surface area contributed by atoms with Crippen LogP contribution in [-0.4, -0.2) is 23.5 Å². The third kappa shape index (κ3) is 5.74. The Balaban J connectivity index is 2.61. The van der Waals surface area contributed by atoms with Crippen molar-refractivity contribution in [3.05, 3.63) is 33.8 Å². The smallest absolute Gasteiger partial charge is 0.417 e. The summed E-state index contributed by atoms with van der Waals surface area (Å²) in [5.41, 5.74) is -1.01. The number of alkyl halides is 3. The minimum Gasteiger partial charge on any atom is -0.481 e. The average molecular weight is 368 g/mol. The van der Waals surface area contributed by atoms with Crippen LogP contribution in [0, 0.1) is 0 Å².